The first-order valence-corrected chi connectivity index (χ1v) is 5.57. The topological polar surface area (TPSA) is 32.7 Å². The number of isocyanates is 1. The second-order valence-electron chi connectivity index (χ2n) is 4.40. The van der Waals surface area contributed by atoms with Gasteiger partial charge in [-0.1, -0.05) is 12.1 Å². The number of carbonyl (C=O) groups excluding carboxylic acids is 1. The Morgan fingerprint density at radius 1 is 1.56 bits per heavy atom. The first-order chi connectivity index (χ1) is 7.72. The molecule has 3 heteroatoms. The van der Waals surface area contributed by atoms with Gasteiger partial charge in [0.05, 0.1) is 6.54 Å². The average Bonchev–Trinajstić information content (AvgIpc) is 2.29. The lowest BCUT2D eigenvalue weighted by Gasteiger charge is -2.32. The molecule has 1 aliphatic rings. The van der Waals surface area contributed by atoms with Crippen LogP contribution in [0.4, 0.5) is 5.69 Å². The van der Waals surface area contributed by atoms with E-state index in [1.165, 1.54) is 16.8 Å². The standard InChI is InChI=1S/C13H16N2O/c1-10-3-4-12-11(8-14-9-16)5-6-15(2)13(12)7-10/h3-4,7,11H,5-6,8H2,1-2H3. The van der Waals surface area contributed by atoms with E-state index in [1.807, 2.05) is 0 Å². The van der Waals surface area contributed by atoms with E-state index in [9.17, 15) is 4.79 Å². The van der Waals surface area contributed by atoms with Crippen molar-refractivity contribution in [1.29, 1.82) is 0 Å². The van der Waals surface area contributed by atoms with Gasteiger partial charge in [-0.15, -0.1) is 0 Å². The third-order valence-corrected chi connectivity index (χ3v) is 3.23. The zero-order chi connectivity index (χ0) is 11.5. The van der Waals surface area contributed by atoms with Gasteiger partial charge in [0, 0.05) is 25.2 Å². The maximum absolute atomic E-state index is 10.2. The Bertz CT molecular complexity index is 436. The molecule has 0 aliphatic carbocycles. The zero-order valence-electron chi connectivity index (χ0n) is 9.73. The van der Waals surface area contributed by atoms with Crippen molar-refractivity contribution in [2.75, 3.05) is 25.0 Å². The van der Waals surface area contributed by atoms with E-state index >= 15 is 0 Å². The minimum atomic E-state index is 0.369. The van der Waals surface area contributed by atoms with Crippen molar-refractivity contribution >= 4 is 11.8 Å². The van der Waals surface area contributed by atoms with E-state index in [0.29, 0.717) is 12.5 Å². The van der Waals surface area contributed by atoms with E-state index in [2.05, 4.69) is 42.1 Å². The second-order valence-corrected chi connectivity index (χ2v) is 4.40. The molecular formula is C13H16N2O. The van der Waals surface area contributed by atoms with Gasteiger partial charge in [0.1, 0.15) is 0 Å². The lowest BCUT2D eigenvalue weighted by molar-refractivity contribution is 0.555. The summed E-state index contributed by atoms with van der Waals surface area (Å²) in [5, 5.41) is 0. The summed E-state index contributed by atoms with van der Waals surface area (Å²) in [7, 11) is 2.11. The number of hydrogen-bond donors (Lipinski definition) is 0. The molecule has 0 saturated heterocycles. The summed E-state index contributed by atoms with van der Waals surface area (Å²) < 4.78 is 0. The van der Waals surface area contributed by atoms with Crippen molar-refractivity contribution in [3.63, 3.8) is 0 Å². The molecule has 0 spiro atoms. The number of aliphatic imine (C=N–C) groups is 1. The normalized spacial score (nSPS) is 18.9. The molecule has 1 aromatic rings. The van der Waals surface area contributed by atoms with Crippen LogP contribution in [0.1, 0.15) is 23.5 Å². The number of aryl methyl sites for hydroxylation is 1. The smallest absolute Gasteiger partial charge is 0.234 e. The predicted octanol–water partition coefficient (Wildman–Crippen LogP) is 2.25. The maximum atomic E-state index is 10.2. The molecule has 1 aromatic carbocycles. The summed E-state index contributed by atoms with van der Waals surface area (Å²) in [5.41, 5.74) is 3.85. The largest absolute Gasteiger partial charge is 0.374 e. The number of nitrogens with zero attached hydrogens (tertiary/aromatic N) is 2. The van der Waals surface area contributed by atoms with Gasteiger partial charge in [-0.25, -0.2) is 9.79 Å². The highest BCUT2D eigenvalue weighted by molar-refractivity contribution is 5.58. The minimum absolute atomic E-state index is 0.369. The molecule has 0 aromatic heterocycles. The maximum Gasteiger partial charge on any atom is 0.234 e. The molecule has 16 heavy (non-hydrogen) atoms. The van der Waals surface area contributed by atoms with Crippen LogP contribution in [0, 0.1) is 6.92 Å². The van der Waals surface area contributed by atoms with E-state index in [4.69, 9.17) is 0 Å². The van der Waals surface area contributed by atoms with E-state index in [-0.39, 0.29) is 0 Å². The first-order valence-electron chi connectivity index (χ1n) is 5.57. The lowest BCUT2D eigenvalue weighted by Crippen LogP contribution is -2.28. The number of fused-ring (bicyclic) bond motifs is 1. The summed E-state index contributed by atoms with van der Waals surface area (Å²) in [6.07, 6.45) is 2.68. The number of rotatable bonds is 2. The number of hydrogen-bond acceptors (Lipinski definition) is 3. The van der Waals surface area contributed by atoms with Crippen molar-refractivity contribution in [3.8, 4) is 0 Å². The Morgan fingerprint density at radius 3 is 3.12 bits per heavy atom. The van der Waals surface area contributed by atoms with Gasteiger partial charge in [-0.3, -0.25) is 0 Å². The Labute approximate surface area is 95.8 Å². The van der Waals surface area contributed by atoms with E-state index in [1.54, 1.807) is 6.08 Å². The van der Waals surface area contributed by atoms with Gasteiger partial charge in [0.15, 0.2) is 0 Å². The van der Waals surface area contributed by atoms with Crippen LogP contribution < -0.4 is 4.90 Å². The first kappa shape index (κ1) is 10.9. The van der Waals surface area contributed by atoms with Crippen LogP contribution in [-0.4, -0.2) is 26.2 Å². The number of benzene rings is 1. The fourth-order valence-electron chi connectivity index (χ4n) is 2.29. The highest BCUT2D eigenvalue weighted by atomic mass is 16.1. The lowest BCUT2D eigenvalue weighted by atomic mass is 9.89. The van der Waals surface area contributed by atoms with Gasteiger partial charge in [-0.2, -0.15) is 0 Å². The summed E-state index contributed by atoms with van der Waals surface area (Å²) >= 11 is 0. The molecular weight excluding hydrogens is 200 g/mol. The summed E-state index contributed by atoms with van der Waals surface area (Å²) in [4.78, 5) is 16.2. The van der Waals surface area contributed by atoms with Crippen molar-refractivity contribution < 1.29 is 4.79 Å². The van der Waals surface area contributed by atoms with Crippen LogP contribution in [0.2, 0.25) is 0 Å². The summed E-state index contributed by atoms with van der Waals surface area (Å²) in [6.45, 7) is 3.68. The SMILES string of the molecule is Cc1ccc2c(c1)N(C)CCC2CN=C=O. The van der Waals surface area contributed by atoms with E-state index < -0.39 is 0 Å². The van der Waals surface area contributed by atoms with E-state index in [0.717, 1.165) is 13.0 Å². The van der Waals surface area contributed by atoms with Gasteiger partial charge in [0.2, 0.25) is 6.08 Å². The average molecular weight is 216 g/mol. The van der Waals surface area contributed by atoms with Crippen molar-refractivity contribution in [2.24, 2.45) is 4.99 Å². The third kappa shape index (κ3) is 2.00. The van der Waals surface area contributed by atoms with Crippen LogP contribution in [0.15, 0.2) is 23.2 Å². The molecule has 0 bridgehead atoms. The predicted molar refractivity (Wildman–Crippen MR) is 64.8 cm³/mol. The van der Waals surface area contributed by atoms with Crippen LogP contribution in [0.5, 0.6) is 0 Å². The highest BCUT2D eigenvalue weighted by Crippen LogP contribution is 2.35. The zero-order valence-corrected chi connectivity index (χ0v) is 9.73. The third-order valence-electron chi connectivity index (χ3n) is 3.23. The fourth-order valence-corrected chi connectivity index (χ4v) is 2.29. The Morgan fingerprint density at radius 2 is 2.38 bits per heavy atom. The van der Waals surface area contributed by atoms with Gasteiger partial charge < -0.3 is 4.90 Å². The molecule has 0 saturated carbocycles. The molecule has 1 atom stereocenters. The quantitative estimate of drug-likeness (QED) is 0.561. The van der Waals surface area contributed by atoms with Gasteiger partial charge in [-0.05, 0) is 30.5 Å². The minimum Gasteiger partial charge on any atom is -0.374 e. The summed E-state index contributed by atoms with van der Waals surface area (Å²) in [5.74, 6) is 0.369. The van der Waals surface area contributed by atoms with Crippen molar-refractivity contribution in [2.45, 2.75) is 19.3 Å². The summed E-state index contributed by atoms with van der Waals surface area (Å²) in [6, 6.07) is 6.48. The fraction of sp³-hybridized carbons (Fsp3) is 0.462. The van der Waals surface area contributed by atoms with Crippen LogP contribution in [0.3, 0.4) is 0 Å². The Balaban J connectivity index is 2.36. The van der Waals surface area contributed by atoms with Gasteiger partial charge in [0.25, 0.3) is 0 Å². The number of anilines is 1. The van der Waals surface area contributed by atoms with Crippen LogP contribution in [-0.2, 0) is 4.79 Å². The Kier molecular flexibility index (Phi) is 3.07. The molecule has 0 amide bonds. The molecule has 2 rings (SSSR count). The van der Waals surface area contributed by atoms with Gasteiger partial charge >= 0.3 is 0 Å². The van der Waals surface area contributed by atoms with Crippen LogP contribution in [0.25, 0.3) is 0 Å². The molecule has 1 unspecified atom stereocenters. The monoisotopic (exact) mass is 216 g/mol. The molecule has 1 aliphatic heterocycles. The Hall–Kier alpha value is -1.60. The van der Waals surface area contributed by atoms with Crippen LogP contribution >= 0.6 is 0 Å². The second kappa shape index (κ2) is 4.50. The molecule has 3 nitrogen and oxygen atoms in total. The molecule has 0 fully saturated rings. The highest BCUT2D eigenvalue weighted by Gasteiger charge is 2.22. The molecule has 0 radical (unpaired) electrons. The molecule has 1 heterocycles. The van der Waals surface area contributed by atoms with Crippen molar-refractivity contribution in [3.05, 3.63) is 29.3 Å². The molecule has 84 valence electrons. The van der Waals surface area contributed by atoms with Crippen molar-refractivity contribution in [1.82, 2.24) is 0 Å². The molecule has 0 N–H and O–H groups in total.